The molecular weight excluding hydrogens is 236 g/mol. The molecule has 3 heteroatoms. The molecule has 0 radical (unpaired) electrons. The maximum absolute atomic E-state index is 11.9. The normalized spacial score (nSPS) is 19.2. The van der Waals surface area contributed by atoms with Crippen molar-refractivity contribution in [2.75, 3.05) is 13.1 Å². The molecule has 1 saturated heterocycles. The van der Waals surface area contributed by atoms with Crippen LogP contribution >= 0.6 is 0 Å². The van der Waals surface area contributed by atoms with Gasteiger partial charge in [-0.3, -0.25) is 4.79 Å². The number of hydrogen-bond acceptors (Lipinski definition) is 2. The first-order valence-electron chi connectivity index (χ1n) is 7.23. The first-order valence-corrected chi connectivity index (χ1v) is 7.23. The zero-order valence-corrected chi connectivity index (χ0v) is 12.0. The number of rotatable bonds is 4. The van der Waals surface area contributed by atoms with E-state index in [1.165, 1.54) is 23.1 Å². The van der Waals surface area contributed by atoms with E-state index in [1.54, 1.807) is 0 Å². The van der Waals surface area contributed by atoms with Crippen LogP contribution < -0.4 is 10.6 Å². The van der Waals surface area contributed by atoms with Crippen LogP contribution in [0.15, 0.2) is 18.2 Å². The van der Waals surface area contributed by atoms with E-state index in [-0.39, 0.29) is 11.9 Å². The third kappa shape index (κ3) is 4.35. The summed E-state index contributed by atoms with van der Waals surface area (Å²) in [7, 11) is 0. The van der Waals surface area contributed by atoms with Gasteiger partial charge in [0.2, 0.25) is 5.91 Å². The Morgan fingerprint density at radius 1 is 1.26 bits per heavy atom. The second-order valence-corrected chi connectivity index (χ2v) is 5.54. The molecule has 0 aliphatic carbocycles. The molecule has 3 nitrogen and oxygen atoms in total. The van der Waals surface area contributed by atoms with Crippen LogP contribution in [0.4, 0.5) is 0 Å². The van der Waals surface area contributed by atoms with Gasteiger partial charge in [-0.05, 0) is 45.2 Å². The summed E-state index contributed by atoms with van der Waals surface area (Å²) in [5.74, 6) is 0.157. The molecule has 1 aliphatic heterocycles. The van der Waals surface area contributed by atoms with Crippen LogP contribution in [0.5, 0.6) is 0 Å². The number of benzene rings is 1. The van der Waals surface area contributed by atoms with Gasteiger partial charge in [0.25, 0.3) is 0 Å². The van der Waals surface area contributed by atoms with Crippen molar-refractivity contribution in [2.24, 2.45) is 0 Å². The summed E-state index contributed by atoms with van der Waals surface area (Å²) in [4.78, 5) is 11.9. The molecule has 2 rings (SSSR count). The van der Waals surface area contributed by atoms with Gasteiger partial charge in [0.05, 0.1) is 6.04 Å². The number of piperidine rings is 1. The van der Waals surface area contributed by atoms with E-state index in [4.69, 9.17) is 0 Å². The molecule has 2 N–H and O–H groups in total. The van der Waals surface area contributed by atoms with Crippen LogP contribution in [0.3, 0.4) is 0 Å². The van der Waals surface area contributed by atoms with Crippen LogP contribution in [0.25, 0.3) is 0 Å². The fraction of sp³-hybridized carbons (Fsp3) is 0.562. The highest BCUT2D eigenvalue weighted by Crippen LogP contribution is 2.09. The van der Waals surface area contributed by atoms with Gasteiger partial charge in [0.15, 0.2) is 0 Å². The maximum atomic E-state index is 11.9. The predicted molar refractivity (Wildman–Crippen MR) is 78.3 cm³/mol. The van der Waals surface area contributed by atoms with Crippen molar-refractivity contribution in [3.8, 4) is 0 Å². The van der Waals surface area contributed by atoms with E-state index in [0.717, 1.165) is 32.4 Å². The summed E-state index contributed by atoms with van der Waals surface area (Å²) >= 11 is 0. The number of hydrogen-bond donors (Lipinski definition) is 2. The van der Waals surface area contributed by atoms with Crippen LogP contribution in [-0.4, -0.2) is 25.0 Å². The van der Waals surface area contributed by atoms with Crippen molar-refractivity contribution >= 4 is 5.91 Å². The highest BCUT2D eigenvalue weighted by molar-refractivity contribution is 5.81. The average molecular weight is 260 g/mol. The third-order valence-electron chi connectivity index (χ3n) is 3.62. The number of carbonyl (C=O) groups is 1. The standard InChI is InChI=1S/C16H24N2O/c1-12-9-13(2)11-14(10-12)6-8-18-16(19)15-5-3-4-7-17-15/h9-11,15,17H,3-8H2,1-2H3,(H,18,19). The summed E-state index contributed by atoms with van der Waals surface area (Å²) in [5.41, 5.74) is 3.87. The van der Waals surface area contributed by atoms with Gasteiger partial charge in [0.1, 0.15) is 0 Å². The van der Waals surface area contributed by atoms with Crippen molar-refractivity contribution in [1.29, 1.82) is 0 Å². The van der Waals surface area contributed by atoms with Gasteiger partial charge in [-0.1, -0.05) is 35.7 Å². The Bertz CT molecular complexity index is 416. The second kappa shape index (κ2) is 6.71. The lowest BCUT2D eigenvalue weighted by molar-refractivity contribution is -0.123. The fourth-order valence-electron chi connectivity index (χ4n) is 2.74. The number of nitrogens with one attached hydrogen (secondary N) is 2. The smallest absolute Gasteiger partial charge is 0.237 e. The van der Waals surface area contributed by atoms with Gasteiger partial charge in [-0.25, -0.2) is 0 Å². The highest BCUT2D eigenvalue weighted by atomic mass is 16.2. The minimum atomic E-state index is 0.0213. The van der Waals surface area contributed by atoms with Gasteiger partial charge < -0.3 is 10.6 Å². The molecule has 1 heterocycles. The molecular formula is C16H24N2O. The van der Waals surface area contributed by atoms with Gasteiger partial charge in [-0.2, -0.15) is 0 Å². The van der Waals surface area contributed by atoms with Crippen molar-refractivity contribution < 1.29 is 4.79 Å². The Balaban J connectivity index is 1.77. The molecule has 1 fully saturated rings. The molecule has 1 unspecified atom stereocenters. The first kappa shape index (κ1) is 14.1. The monoisotopic (exact) mass is 260 g/mol. The van der Waals surface area contributed by atoms with E-state index < -0.39 is 0 Å². The Labute approximate surface area is 115 Å². The number of amides is 1. The van der Waals surface area contributed by atoms with E-state index >= 15 is 0 Å². The topological polar surface area (TPSA) is 41.1 Å². The zero-order valence-electron chi connectivity index (χ0n) is 12.0. The Kier molecular flexibility index (Phi) is 4.97. The summed E-state index contributed by atoms with van der Waals surface area (Å²) in [5, 5.41) is 6.31. The number of aryl methyl sites for hydroxylation is 2. The molecule has 1 aromatic rings. The van der Waals surface area contributed by atoms with E-state index in [9.17, 15) is 4.79 Å². The molecule has 1 aromatic carbocycles. The molecule has 1 amide bonds. The van der Waals surface area contributed by atoms with Gasteiger partial charge >= 0.3 is 0 Å². The Morgan fingerprint density at radius 3 is 2.63 bits per heavy atom. The fourth-order valence-corrected chi connectivity index (χ4v) is 2.74. The molecule has 1 aliphatic rings. The van der Waals surface area contributed by atoms with Crippen LogP contribution in [0, 0.1) is 13.8 Å². The molecule has 104 valence electrons. The first-order chi connectivity index (χ1) is 9.15. The third-order valence-corrected chi connectivity index (χ3v) is 3.62. The van der Waals surface area contributed by atoms with Crippen molar-refractivity contribution in [2.45, 2.75) is 45.6 Å². The summed E-state index contributed by atoms with van der Waals surface area (Å²) < 4.78 is 0. The van der Waals surface area contributed by atoms with E-state index in [0.29, 0.717) is 0 Å². The summed E-state index contributed by atoms with van der Waals surface area (Å²) in [6.45, 7) is 5.91. The lowest BCUT2D eigenvalue weighted by atomic mass is 10.0. The Morgan fingerprint density at radius 2 is 2.00 bits per heavy atom. The van der Waals surface area contributed by atoms with Gasteiger partial charge in [0, 0.05) is 6.54 Å². The molecule has 19 heavy (non-hydrogen) atoms. The van der Waals surface area contributed by atoms with E-state index in [1.807, 2.05) is 0 Å². The minimum absolute atomic E-state index is 0.0213. The van der Waals surface area contributed by atoms with Crippen molar-refractivity contribution in [1.82, 2.24) is 10.6 Å². The summed E-state index contributed by atoms with van der Waals surface area (Å²) in [6.07, 6.45) is 4.21. The molecule has 0 aromatic heterocycles. The van der Waals surface area contributed by atoms with Crippen LogP contribution in [0.1, 0.15) is 36.0 Å². The molecule has 0 saturated carbocycles. The largest absolute Gasteiger partial charge is 0.354 e. The van der Waals surface area contributed by atoms with Crippen LogP contribution in [-0.2, 0) is 11.2 Å². The minimum Gasteiger partial charge on any atom is -0.354 e. The van der Waals surface area contributed by atoms with Crippen molar-refractivity contribution in [3.63, 3.8) is 0 Å². The lowest BCUT2D eigenvalue weighted by Gasteiger charge is -2.22. The summed E-state index contributed by atoms with van der Waals surface area (Å²) in [6, 6.07) is 6.58. The lowest BCUT2D eigenvalue weighted by Crippen LogP contribution is -2.47. The van der Waals surface area contributed by atoms with Crippen molar-refractivity contribution in [3.05, 3.63) is 34.9 Å². The molecule has 0 spiro atoms. The maximum Gasteiger partial charge on any atom is 0.237 e. The highest BCUT2D eigenvalue weighted by Gasteiger charge is 2.19. The predicted octanol–water partition coefficient (Wildman–Crippen LogP) is 2.10. The molecule has 1 atom stereocenters. The molecule has 0 bridgehead atoms. The zero-order chi connectivity index (χ0) is 13.7. The SMILES string of the molecule is Cc1cc(C)cc(CCNC(=O)C2CCCCN2)c1. The van der Waals surface area contributed by atoms with Crippen LogP contribution in [0.2, 0.25) is 0 Å². The van der Waals surface area contributed by atoms with Gasteiger partial charge in [-0.15, -0.1) is 0 Å². The average Bonchev–Trinajstić information content (AvgIpc) is 2.38. The second-order valence-electron chi connectivity index (χ2n) is 5.54. The Hall–Kier alpha value is -1.35. The quantitative estimate of drug-likeness (QED) is 0.870. The van der Waals surface area contributed by atoms with E-state index in [2.05, 4.69) is 42.7 Å². The number of carbonyl (C=O) groups excluding carboxylic acids is 1.